The van der Waals surface area contributed by atoms with E-state index < -0.39 is 0 Å². The molecule has 0 radical (unpaired) electrons. The molecule has 114 valence electrons. The Morgan fingerprint density at radius 3 is 2.16 bits per heavy atom. The second-order valence-corrected chi connectivity index (χ2v) is 8.30. The number of nitrogens with zero attached hydrogens (tertiary/aromatic N) is 1. The van der Waals surface area contributed by atoms with Crippen molar-refractivity contribution in [3.05, 3.63) is 0 Å². The fourth-order valence-electron chi connectivity index (χ4n) is 3.97. The monoisotopic (exact) mass is 268 g/mol. The maximum absolute atomic E-state index is 3.80. The molecule has 19 heavy (non-hydrogen) atoms. The molecule has 0 aromatic rings. The van der Waals surface area contributed by atoms with Gasteiger partial charge in [0.1, 0.15) is 0 Å². The van der Waals surface area contributed by atoms with Crippen LogP contribution in [0.3, 0.4) is 0 Å². The minimum Gasteiger partial charge on any atom is -0.313 e. The number of hydrogen-bond donors (Lipinski definition) is 1. The van der Waals surface area contributed by atoms with E-state index in [1.54, 1.807) is 0 Å². The minimum absolute atomic E-state index is 0.488. The smallest absolute Gasteiger partial charge is 0.0107 e. The highest BCUT2D eigenvalue weighted by atomic mass is 15.1. The Bertz CT molecular complexity index is 254. The van der Waals surface area contributed by atoms with Crippen molar-refractivity contribution in [2.24, 2.45) is 10.8 Å². The Labute approximate surface area is 121 Å². The zero-order valence-corrected chi connectivity index (χ0v) is 14.3. The lowest BCUT2D eigenvalue weighted by Crippen LogP contribution is -2.46. The predicted octanol–water partition coefficient (Wildman–Crippen LogP) is 3.91. The largest absolute Gasteiger partial charge is 0.313 e. The standard InChI is InChI=1S/C17H36N2/c1-8-14(2)19(7)10-9-18-15-11-16(3,4)13-17(5,6)12-15/h14-15,18H,8-13H2,1-7H3. The first kappa shape index (κ1) is 17.0. The quantitative estimate of drug-likeness (QED) is 0.785. The normalized spacial score (nSPS) is 24.6. The van der Waals surface area contributed by atoms with Crippen LogP contribution in [0.25, 0.3) is 0 Å². The van der Waals surface area contributed by atoms with Gasteiger partial charge in [0.25, 0.3) is 0 Å². The zero-order valence-electron chi connectivity index (χ0n) is 14.3. The van der Waals surface area contributed by atoms with Crippen LogP contribution < -0.4 is 5.32 Å². The van der Waals surface area contributed by atoms with Crippen molar-refractivity contribution >= 4 is 0 Å². The van der Waals surface area contributed by atoms with Crippen LogP contribution in [-0.4, -0.2) is 37.1 Å². The summed E-state index contributed by atoms with van der Waals surface area (Å²) in [6.45, 7) is 16.6. The Kier molecular flexibility index (Phi) is 5.88. The maximum Gasteiger partial charge on any atom is 0.0107 e. The van der Waals surface area contributed by atoms with Crippen molar-refractivity contribution in [2.45, 2.75) is 79.3 Å². The van der Waals surface area contributed by atoms with Gasteiger partial charge in [0.2, 0.25) is 0 Å². The first-order valence-corrected chi connectivity index (χ1v) is 8.09. The van der Waals surface area contributed by atoms with Crippen LogP contribution in [0.2, 0.25) is 0 Å². The summed E-state index contributed by atoms with van der Waals surface area (Å²) in [5.41, 5.74) is 0.976. The van der Waals surface area contributed by atoms with Gasteiger partial charge in [-0.3, -0.25) is 0 Å². The lowest BCUT2D eigenvalue weighted by molar-refractivity contribution is 0.0836. The van der Waals surface area contributed by atoms with Crippen molar-refractivity contribution in [2.75, 3.05) is 20.1 Å². The fraction of sp³-hybridized carbons (Fsp3) is 1.00. The molecule has 1 aliphatic carbocycles. The lowest BCUT2D eigenvalue weighted by Gasteiger charge is -2.45. The van der Waals surface area contributed by atoms with Gasteiger partial charge in [0.15, 0.2) is 0 Å². The molecule has 1 aliphatic rings. The molecule has 0 spiro atoms. The van der Waals surface area contributed by atoms with Crippen molar-refractivity contribution < 1.29 is 0 Å². The van der Waals surface area contributed by atoms with Crippen molar-refractivity contribution in [1.82, 2.24) is 10.2 Å². The second kappa shape index (κ2) is 6.58. The highest BCUT2D eigenvalue weighted by Gasteiger charge is 2.37. The van der Waals surface area contributed by atoms with E-state index in [-0.39, 0.29) is 0 Å². The number of rotatable bonds is 6. The molecule has 1 N–H and O–H groups in total. The maximum atomic E-state index is 3.80. The summed E-state index contributed by atoms with van der Waals surface area (Å²) in [6, 6.07) is 1.39. The van der Waals surface area contributed by atoms with E-state index in [4.69, 9.17) is 0 Å². The first-order chi connectivity index (χ1) is 8.65. The van der Waals surface area contributed by atoms with Gasteiger partial charge in [-0.2, -0.15) is 0 Å². The highest BCUT2D eigenvalue weighted by molar-refractivity contribution is 4.92. The Balaban J connectivity index is 2.37. The Hall–Kier alpha value is -0.0800. The van der Waals surface area contributed by atoms with Gasteiger partial charge in [0.05, 0.1) is 0 Å². The summed E-state index contributed by atoms with van der Waals surface area (Å²) >= 11 is 0. The van der Waals surface area contributed by atoms with E-state index in [0.717, 1.165) is 13.1 Å². The van der Waals surface area contributed by atoms with Crippen molar-refractivity contribution in [1.29, 1.82) is 0 Å². The molecule has 0 heterocycles. The number of nitrogens with one attached hydrogen (secondary N) is 1. The van der Waals surface area contributed by atoms with E-state index in [0.29, 0.717) is 22.9 Å². The molecule has 0 amide bonds. The third-order valence-electron chi connectivity index (χ3n) is 4.80. The van der Waals surface area contributed by atoms with Crippen LogP contribution in [0.4, 0.5) is 0 Å². The van der Waals surface area contributed by atoms with E-state index in [9.17, 15) is 0 Å². The highest BCUT2D eigenvalue weighted by Crippen LogP contribution is 2.45. The van der Waals surface area contributed by atoms with Gasteiger partial charge >= 0.3 is 0 Å². The first-order valence-electron chi connectivity index (χ1n) is 8.09. The molecule has 1 fully saturated rings. The number of hydrogen-bond acceptors (Lipinski definition) is 2. The van der Waals surface area contributed by atoms with Crippen LogP contribution >= 0.6 is 0 Å². The van der Waals surface area contributed by atoms with E-state index in [1.807, 2.05) is 0 Å². The Morgan fingerprint density at radius 1 is 1.16 bits per heavy atom. The van der Waals surface area contributed by atoms with Crippen LogP contribution in [-0.2, 0) is 0 Å². The molecule has 0 aliphatic heterocycles. The summed E-state index contributed by atoms with van der Waals surface area (Å²) in [7, 11) is 2.24. The SMILES string of the molecule is CCC(C)N(C)CCNC1CC(C)(C)CC(C)(C)C1. The molecule has 0 aromatic heterocycles. The lowest BCUT2D eigenvalue weighted by atomic mass is 9.63. The van der Waals surface area contributed by atoms with Crippen LogP contribution in [0.1, 0.15) is 67.2 Å². The van der Waals surface area contributed by atoms with Gasteiger partial charge in [0, 0.05) is 25.2 Å². The molecule has 1 atom stereocenters. The second-order valence-electron chi connectivity index (χ2n) is 8.30. The molecule has 0 aromatic carbocycles. The summed E-state index contributed by atoms with van der Waals surface area (Å²) in [6.07, 6.45) is 5.23. The summed E-state index contributed by atoms with van der Waals surface area (Å²) in [4.78, 5) is 2.46. The molecular formula is C17H36N2. The molecule has 1 unspecified atom stereocenters. The molecule has 2 nitrogen and oxygen atoms in total. The van der Waals surface area contributed by atoms with Crippen molar-refractivity contribution in [3.8, 4) is 0 Å². The predicted molar refractivity (Wildman–Crippen MR) is 85.6 cm³/mol. The van der Waals surface area contributed by atoms with Crippen LogP contribution in [0.5, 0.6) is 0 Å². The average molecular weight is 268 g/mol. The molecule has 1 saturated carbocycles. The molecular weight excluding hydrogens is 232 g/mol. The van der Waals surface area contributed by atoms with E-state index in [1.165, 1.54) is 25.7 Å². The molecule has 0 bridgehead atoms. The van der Waals surface area contributed by atoms with Gasteiger partial charge in [-0.25, -0.2) is 0 Å². The molecule has 1 rings (SSSR count). The molecule has 0 saturated heterocycles. The van der Waals surface area contributed by atoms with Crippen LogP contribution in [0, 0.1) is 10.8 Å². The Morgan fingerprint density at radius 2 is 1.68 bits per heavy atom. The summed E-state index contributed by atoms with van der Waals surface area (Å²) in [5, 5.41) is 3.80. The van der Waals surface area contributed by atoms with Gasteiger partial charge in [-0.05, 0) is 50.5 Å². The van der Waals surface area contributed by atoms with E-state index >= 15 is 0 Å². The summed E-state index contributed by atoms with van der Waals surface area (Å²) in [5.74, 6) is 0. The van der Waals surface area contributed by atoms with Gasteiger partial charge in [-0.1, -0.05) is 34.6 Å². The zero-order chi connectivity index (χ0) is 14.7. The van der Waals surface area contributed by atoms with Gasteiger partial charge in [-0.15, -0.1) is 0 Å². The summed E-state index contributed by atoms with van der Waals surface area (Å²) < 4.78 is 0. The van der Waals surface area contributed by atoms with Gasteiger partial charge < -0.3 is 10.2 Å². The van der Waals surface area contributed by atoms with Crippen LogP contribution in [0.15, 0.2) is 0 Å². The fourth-order valence-corrected chi connectivity index (χ4v) is 3.97. The third kappa shape index (κ3) is 5.83. The van der Waals surface area contributed by atoms with E-state index in [2.05, 4.69) is 58.8 Å². The topological polar surface area (TPSA) is 15.3 Å². The minimum atomic E-state index is 0.488. The third-order valence-corrected chi connectivity index (χ3v) is 4.80. The average Bonchev–Trinajstić information content (AvgIpc) is 2.23. The molecule has 2 heteroatoms. The van der Waals surface area contributed by atoms with Crippen molar-refractivity contribution in [3.63, 3.8) is 0 Å². The number of likely N-dealkylation sites (N-methyl/N-ethyl adjacent to an activating group) is 1.